The van der Waals surface area contributed by atoms with Gasteiger partial charge in [-0.2, -0.15) is 0 Å². The third-order valence-corrected chi connectivity index (χ3v) is 2.77. The first kappa shape index (κ1) is 15.0. The van der Waals surface area contributed by atoms with E-state index in [4.69, 9.17) is 15.6 Å². The lowest BCUT2D eigenvalue weighted by Crippen LogP contribution is -2.28. The lowest BCUT2D eigenvalue weighted by molar-refractivity contribution is 0.0966. The van der Waals surface area contributed by atoms with Crippen molar-refractivity contribution in [1.29, 1.82) is 0 Å². The Balaban J connectivity index is 2.53. The molecule has 0 bridgehead atoms. The van der Waals surface area contributed by atoms with E-state index in [-0.39, 0.29) is 6.61 Å². The van der Waals surface area contributed by atoms with Crippen LogP contribution in [0.4, 0.5) is 5.69 Å². The van der Waals surface area contributed by atoms with E-state index in [1.54, 1.807) is 0 Å². The average molecular weight is 252 g/mol. The summed E-state index contributed by atoms with van der Waals surface area (Å²) in [4.78, 5) is 2.29. The van der Waals surface area contributed by atoms with Gasteiger partial charge in [0.05, 0.1) is 19.8 Å². The summed E-state index contributed by atoms with van der Waals surface area (Å²) in [6.07, 6.45) is 1.10. The second-order valence-corrected chi connectivity index (χ2v) is 4.19. The summed E-state index contributed by atoms with van der Waals surface area (Å²) in [5.41, 5.74) is 7.93. The molecule has 1 aromatic carbocycles. The van der Waals surface area contributed by atoms with Gasteiger partial charge in [-0.25, -0.2) is 0 Å². The van der Waals surface area contributed by atoms with Crippen LogP contribution in [0.25, 0.3) is 0 Å². The Hall–Kier alpha value is -1.10. The first-order valence-electron chi connectivity index (χ1n) is 6.54. The van der Waals surface area contributed by atoms with Gasteiger partial charge in [-0.05, 0) is 24.1 Å². The van der Waals surface area contributed by atoms with Crippen LogP contribution in [0.15, 0.2) is 24.3 Å². The largest absolute Gasteiger partial charge is 0.394 e. The van der Waals surface area contributed by atoms with Crippen molar-refractivity contribution in [2.24, 2.45) is 5.73 Å². The predicted octanol–water partition coefficient (Wildman–Crippen LogP) is 1.37. The van der Waals surface area contributed by atoms with E-state index in [0.717, 1.165) is 25.1 Å². The molecular weight excluding hydrogens is 228 g/mol. The lowest BCUT2D eigenvalue weighted by Gasteiger charge is -2.24. The molecule has 0 radical (unpaired) electrons. The number of nitrogens with two attached hydrogens (primary N) is 1. The quantitative estimate of drug-likeness (QED) is 0.652. The Morgan fingerprint density at radius 3 is 2.44 bits per heavy atom. The molecule has 0 spiro atoms. The van der Waals surface area contributed by atoms with E-state index in [0.29, 0.717) is 19.8 Å². The van der Waals surface area contributed by atoms with Gasteiger partial charge in [0.2, 0.25) is 0 Å². The minimum absolute atomic E-state index is 0.0823. The van der Waals surface area contributed by atoms with Gasteiger partial charge in [0, 0.05) is 25.3 Å². The zero-order valence-corrected chi connectivity index (χ0v) is 11.1. The lowest BCUT2D eigenvalue weighted by atomic mass is 10.2. The van der Waals surface area contributed by atoms with Crippen LogP contribution in [-0.2, 0) is 11.3 Å². The molecule has 4 nitrogen and oxygen atoms in total. The standard InChI is InChI=1S/C14H24N2O2/c1-2-7-16(8-10-18-11-9-17)14-5-3-13(12-15)4-6-14/h3-6,17H,2,7-12,15H2,1H3. The number of aliphatic hydroxyl groups excluding tert-OH is 1. The highest BCUT2D eigenvalue weighted by Gasteiger charge is 2.05. The summed E-state index contributed by atoms with van der Waals surface area (Å²) in [6.45, 7) is 5.72. The number of hydrogen-bond acceptors (Lipinski definition) is 4. The molecule has 0 heterocycles. The van der Waals surface area contributed by atoms with Gasteiger partial charge in [0.1, 0.15) is 0 Å². The van der Waals surface area contributed by atoms with E-state index >= 15 is 0 Å². The Labute approximate surface area is 109 Å². The van der Waals surface area contributed by atoms with Crippen molar-refractivity contribution >= 4 is 5.69 Å². The van der Waals surface area contributed by atoms with Crippen molar-refractivity contribution < 1.29 is 9.84 Å². The topological polar surface area (TPSA) is 58.7 Å². The van der Waals surface area contributed by atoms with Gasteiger partial charge in [-0.3, -0.25) is 0 Å². The van der Waals surface area contributed by atoms with Crippen molar-refractivity contribution in [2.45, 2.75) is 19.9 Å². The Morgan fingerprint density at radius 1 is 1.17 bits per heavy atom. The van der Waals surface area contributed by atoms with Gasteiger partial charge in [-0.15, -0.1) is 0 Å². The molecule has 0 aliphatic rings. The van der Waals surface area contributed by atoms with Gasteiger partial charge in [0.25, 0.3) is 0 Å². The third-order valence-electron chi connectivity index (χ3n) is 2.77. The van der Waals surface area contributed by atoms with Crippen molar-refractivity contribution in [1.82, 2.24) is 0 Å². The summed E-state index contributed by atoms with van der Waals surface area (Å²) in [6, 6.07) is 8.33. The number of aliphatic hydroxyl groups is 1. The highest BCUT2D eigenvalue weighted by Crippen LogP contribution is 2.15. The minimum atomic E-state index is 0.0823. The zero-order chi connectivity index (χ0) is 13.2. The SMILES string of the molecule is CCCN(CCOCCO)c1ccc(CN)cc1. The summed E-state index contributed by atoms with van der Waals surface area (Å²) in [7, 11) is 0. The molecule has 4 heteroatoms. The monoisotopic (exact) mass is 252 g/mol. The predicted molar refractivity (Wildman–Crippen MR) is 74.7 cm³/mol. The summed E-state index contributed by atoms with van der Waals surface area (Å²) < 4.78 is 5.31. The van der Waals surface area contributed by atoms with Crippen LogP contribution < -0.4 is 10.6 Å². The number of anilines is 1. The summed E-state index contributed by atoms with van der Waals surface area (Å²) in [5, 5.41) is 8.66. The van der Waals surface area contributed by atoms with Crippen molar-refractivity contribution in [3.8, 4) is 0 Å². The van der Waals surface area contributed by atoms with Crippen molar-refractivity contribution in [3.05, 3.63) is 29.8 Å². The molecule has 1 rings (SSSR count). The van der Waals surface area contributed by atoms with Crippen LogP contribution >= 0.6 is 0 Å². The maximum Gasteiger partial charge on any atom is 0.0698 e. The molecule has 0 amide bonds. The summed E-state index contributed by atoms with van der Waals surface area (Å²) >= 11 is 0. The fraction of sp³-hybridized carbons (Fsp3) is 0.571. The van der Waals surface area contributed by atoms with Crippen LogP contribution in [-0.4, -0.2) is 38.0 Å². The maximum atomic E-state index is 8.66. The molecule has 0 aromatic heterocycles. The molecule has 0 atom stereocenters. The second-order valence-electron chi connectivity index (χ2n) is 4.19. The Bertz CT molecular complexity index is 314. The van der Waals surface area contributed by atoms with Crippen molar-refractivity contribution in [3.63, 3.8) is 0 Å². The van der Waals surface area contributed by atoms with E-state index in [2.05, 4.69) is 36.1 Å². The summed E-state index contributed by atoms with van der Waals surface area (Å²) in [5.74, 6) is 0. The first-order chi connectivity index (χ1) is 8.81. The fourth-order valence-corrected chi connectivity index (χ4v) is 1.82. The fourth-order valence-electron chi connectivity index (χ4n) is 1.82. The number of ether oxygens (including phenoxy) is 1. The molecule has 1 aromatic rings. The number of nitrogens with zero attached hydrogens (tertiary/aromatic N) is 1. The third kappa shape index (κ3) is 5.04. The Morgan fingerprint density at radius 2 is 1.89 bits per heavy atom. The van der Waals surface area contributed by atoms with Gasteiger partial charge in [-0.1, -0.05) is 19.1 Å². The van der Waals surface area contributed by atoms with E-state index in [9.17, 15) is 0 Å². The van der Waals surface area contributed by atoms with E-state index in [1.165, 1.54) is 5.69 Å². The number of benzene rings is 1. The molecule has 0 unspecified atom stereocenters. The molecule has 0 aliphatic carbocycles. The number of rotatable bonds is 9. The molecule has 3 N–H and O–H groups in total. The minimum Gasteiger partial charge on any atom is -0.394 e. The highest BCUT2D eigenvalue weighted by atomic mass is 16.5. The van der Waals surface area contributed by atoms with Crippen molar-refractivity contribution in [2.75, 3.05) is 37.8 Å². The Kier molecular flexibility index (Phi) is 7.41. The molecule has 0 fully saturated rings. The molecule has 0 saturated carbocycles. The van der Waals surface area contributed by atoms with Crippen LogP contribution in [0.3, 0.4) is 0 Å². The van der Waals surface area contributed by atoms with Crippen LogP contribution in [0, 0.1) is 0 Å². The van der Waals surface area contributed by atoms with E-state index in [1.807, 2.05) is 0 Å². The van der Waals surface area contributed by atoms with Gasteiger partial charge >= 0.3 is 0 Å². The van der Waals surface area contributed by atoms with Gasteiger partial charge < -0.3 is 20.5 Å². The van der Waals surface area contributed by atoms with Gasteiger partial charge in [0.15, 0.2) is 0 Å². The molecule has 102 valence electrons. The second kappa shape index (κ2) is 8.91. The molecular formula is C14H24N2O2. The highest BCUT2D eigenvalue weighted by molar-refractivity contribution is 5.47. The normalized spacial score (nSPS) is 10.6. The smallest absolute Gasteiger partial charge is 0.0698 e. The van der Waals surface area contributed by atoms with Crippen LogP contribution in [0.2, 0.25) is 0 Å². The maximum absolute atomic E-state index is 8.66. The molecule has 18 heavy (non-hydrogen) atoms. The molecule has 0 saturated heterocycles. The van der Waals surface area contributed by atoms with Crippen LogP contribution in [0.5, 0.6) is 0 Å². The van der Waals surface area contributed by atoms with Crippen LogP contribution in [0.1, 0.15) is 18.9 Å². The van der Waals surface area contributed by atoms with E-state index < -0.39 is 0 Å². The number of hydrogen-bond donors (Lipinski definition) is 2. The first-order valence-corrected chi connectivity index (χ1v) is 6.54. The zero-order valence-electron chi connectivity index (χ0n) is 11.1. The molecule has 0 aliphatic heterocycles. The average Bonchev–Trinajstić information content (AvgIpc) is 2.42.